The van der Waals surface area contributed by atoms with Gasteiger partial charge < -0.3 is 9.94 Å². The average molecular weight is 272 g/mol. The molecule has 0 saturated heterocycles. The Balaban J connectivity index is 2.58. The summed E-state index contributed by atoms with van der Waals surface area (Å²) in [5.74, 6) is -0.287. The third kappa shape index (κ3) is 4.12. The van der Waals surface area contributed by atoms with Crippen molar-refractivity contribution in [3.05, 3.63) is 28.2 Å². The Morgan fingerprint density at radius 1 is 1.67 bits per heavy atom. The van der Waals surface area contributed by atoms with Gasteiger partial charge in [0.25, 0.3) is 0 Å². The van der Waals surface area contributed by atoms with Crippen LogP contribution < -0.4 is 0 Å². The summed E-state index contributed by atoms with van der Waals surface area (Å²) in [7, 11) is 0. The number of carbonyl (C=O) groups excluding carboxylic acids is 1. The van der Waals surface area contributed by atoms with Crippen LogP contribution in [0.2, 0.25) is 0 Å². The molecule has 1 aromatic carbocycles. The molecule has 0 saturated carbocycles. The molecule has 1 rings (SSSR count). The zero-order valence-corrected chi connectivity index (χ0v) is 9.69. The second-order valence-electron chi connectivity index (χ2n) is 2.85. The number of hydrogen-bond donors (Lipinski definition) is 1. The largest absolute Gasteiger partial charge is 0.508 e. The van der Waals surface area contributed by atoms with Crippen LogP contribution >= 0.6 is 15.9 Å². The fraction of sp³-hybridized carbons (Fsp3) is 0.200. The van der Waals surface area contributed by atoms with E-state index in [1.54, 1.807) is 12.1 Å². The number of aromatic hydroxyl groups is 1. The number of phenolic OH excluding ortho intramolecular Hbond substituents is 1. The summed E-state index contributed by atoms with van der Waals surface area (Å²) >= 11 is 3.23. The van der Waals surface area contributed by atoms with Crippen LogP contribution in [0.15, 0.2) is 27.8 Å². The Kier molecular flexibility index (Phi) is 4.30. The summed E-state index contributed by atoms with van der Waals surface area (Å²) in [5, 5.41) is 12.9. The van der Waals surface area contributed by atoms with Crippen molar-refractivity contribution in [2.45, 2.75) is 13.3 Å². The fourth-order valence-electron chi connectivity index (χ4n) is 0.957. The van der Waals surface area contributed by atoms with E-state index in [2.05, 4.69) is 25.9 Å². The lowest BCUT2D eigenvalue weighted by molar-refractivity contribution is -0.140. The minimum atomic E-state index is -0.466. The lowest BCUT2D eigenvalue weighted by atomic mass is 10.1. The number of halogens is 1. The number of benzene rings is 1. The second kappa shape index (κ2) is 5.50. The molecule has 0 heterocycles. The van der Waals surface area contributed by atoms with Gasteiger partial charge in [-0.25, -0.2) is 4.79 Å². The topological polar surface area (TPSA) is 58.9 Å². The van der Waals surface area contributed by atoms with E-state index in [4.69, 9.17) is 0 Å². The quantitative estimate of drug-likeness (QED) is 0.521. The number of hydrogen-bond acceptors (Lipinski definition) is 4. The standard InChI is InChI=1S/C10H10BrNO3/c1-7(13)15-12-5-4-8-2-3-9(11)6-10(8)14/h2-3,5-6,14H,4H2,1H3. The Morgan fingerprint density at radius 2 is 2.40 bits per heavy atom. The molecule has 0 spiro atoms. The Labute approximate surface area is 95.7 Å². The van der Waals surface area contributed by atoms with Gasteiger partial charge in [0, 0.05) is 24.0 Å². The summed E-state index contributed by atoms with van der Waals surface area (Å²) in [5.41, 5.74) is 0.717. The summed E-state index contributed by atoms with van der Waals surface area (Å²) in [4.78, 5) is 14.7. The molecule has 0 atom stereocenters. The van der Waals surface area contributed by atoms with Gasteiger partial charge >= 0.3 is 5.97 Å². The molecule has 4 nitrogen and oxygen atoms in total. The van der Waals surface area contributed by atoms with E-state index in [-0.39, 0.29) is 5.75 Å². The van der Waals surface area contributed by atoms with Crippen LogP contribution in [0, 0.1) is 0 Å². The lowest BCUT2D eigenvalue weighted by Gasteiger charge is -2.00. The molecule has 0 bridgehead atoms. The van der Waals surface area contributed by atoms with Gasteiger partial charge in [0.15, 0.2) is 0 Å². The molecule has 0 unspecified atom stereocenters. The van der Waals surface area contributed by atoms with Crippen molar-refractivity contribution in [1.82, 2.24) is 0 Å². The first-order valence-corrected chi connectivity index (χ1v) is 5.05. The maximum atomic E-state index is 10.4. The van der Waals surface area contributed by atoms with Gasteiger partial charge in [-0.3, -0.25) is 0 Å². The van der Waals surface area contributed by atoms with Crippen molar-refractivity contribution < 1.29 is 14.7 Å². The predicted octanol–water partition coefficient (Wildman–Crippen LogP) is 2.25. The maximum absolute atomic E-state index is 10.4. The van der Waals surface area contributed by atoms with Crippen molar-refractivity contribution in [2.24, 2.45) is 5.16 Å². The van der Waals surface area contributed by atoms with E-state index >= 15 is 0 Å². The Morgan fingerprint density at radius 3 is 3.00 bits per heavy atom. The number of rotatable bonds is 3. The molecule has 0 fully saturated rings. The van der Waals surface area contributed by atoms with E-state index < -0.39 is 5.97 Å². The monoisotopic (exact) mass is 271 g/mol. The highest BCUT2D eigenvalue weighted by Gasteiger charge is 1.99. The number of phenols is 1. The zero-order valence-electron chi connectivity index (χ0n) is 8.11. The molecule has 0 aliphatic carbocycles. The predicted molar refractivity (Wildman–Crippen MR) is 59.8 cm³/mol. The summed E-state index contributed by atoms with van der Waals surface area (Å²) in [6, 6.07) is 5.17. The molecule has 0 aliphatic heterocycles. The van der Waals surface area contributed by atoms with E-state index in [0.717, 1.165) is 4.47 Å². The highest BCUT2D eigenvalue weighted by atomic mass is 79.9. The zero-order chi connectivity index (χ0) is 11.3. The molecule has 0 aromatic heterocycles. The van der Waals surface area contributed by atoms with Crippen molar-refractivity contribution in [3.8, 4) is 5.75 Å². The lowest BCUT2D eigenvalue weighted by Crippen LogP contribution is -1.93. The van der Waals surface area contributed by atoms with Gasteiger partial charge in [-0.15, -0.1) is 0 Å². The van der Waals surface area contributed by atoms with E-state index in [9.17, 15) is 9.90 Å². The third-order valence-corrected chi connectivity index (χ3v) is 2.11. The van der Waals surface area contributed by atoms with Crippen molar-refractivity contribution in [1.29, 1.82) is 0 Å². The highest BCUT2D eigenvalue weighted by Crippen LogP contribution is 2.22. The van der Waals surface area contributed by atoms with E-state index in [0.29, 0.717) is 12.0 Å². The smallest absolute Gasteiger partial charge is 0.331 e. The second-order valence-corrected chi connectivity index (χ2v) is 3.76. The van der Waals surface area contributed by atoms with Crippen molar-refractivity contribution >= 4 is 28.1 Å². The first-order valence-electron chi connectivity index (χ1n) is 4.26. The molecular weight excluding hydrogens is 262 g/mol. The van der Waals surface area contributed by atoms with Crippen molar-refractivity contribution in [2.75, 3.05) is 0 Å². The van der Waals surface area contributed by atoms with Gasteiger partial charge in [-0.05, 0) is 17.7 Å². The van der Waals surface area contributed by atoms with Crippen LogP contribution in [-0.2, 0) is 16.1 Å². The summed E-state index contributed by atoms with van der Waals surface area (Å²) < 4.78 is 0.806. The highest BCUT2D eigenvalue weighted by molar-refractivity contribution is 9.10. The molecule has 0 radical (unpaired) electrons. The molecule has 15 heavy (non-hydrogen) atoms. The molecule has 80 valence electrons. The minimum absolute atomic E-state index is 0.179. The number of oxime groups is 1. The normalized spacial score (nSPS) is 10.5. The van der Waals surface area contributed by atoms with Crippen LogP contribution in [0.25, 0.3) is 0 Å². The SMILES string of the molecule is CC(=O)ON=CCc1ccc(Br)cc1O. The van der Waals surface area contributed by atoms with Crippen LogP contribution in [0.3, 0.4) is 0 Å². The van der Waals surface area contributed by atoms with Crippen LogP contribution in [0.1, 0.15) is 12.5 Å². The minimum Gasteiger partial charge on any atom is -0.508 e. The summed E-state index contributed by atoms with van der Waals surface area (Å²) in [6.45, 7) is 1.27. The number of carbonyl (C=O) groups is 1. The summed E-state index contributed by atoms with van der Waals surface area (Å²) in [6.07, 6.45) is 1.83. The van der Waals surface area contributed by atoms with Crippen LogP contribution in [-0.4, -0.2) is 17.3 Å². The van der Waals surface area contributed by atoms with Crippen LogP contribution in [0.5, 0.6) is 5.75 Å². The van der Waals surface area contributed by atoms with E-state index in [1.807, 2.05) is 6.07 Å². The fourth-order valence-corrected chi connectivity index (χ4v) is 1.31. The third-order valence-electron chi connectivity index (χ3n) is 1.61. The van der Waals surface area contributed by atoms with Crippen molar-refractivity contribution in [3.63, 3.8) is 0 Å². The molecule has 1 N–H and O–H groups in total. The first-order chi connectivity index (χ1) is 7.09. The Bertz CT molecular complexity index is 390. The number of nitrogens with zero attached hydrogens (tertiary/aromatic N) is 1. The van der Waals surface area contributed by atoms with Crippen LogP contribution in [0.4, 0.5) is 0 Å². The average Bonchev–Trinajstić information content (AvgIpc) is 2.14. The van der Waals surface area contributed by atoms with Gasteiger partial charge in [0.2, 0.25) is 0 Å². The maximum Gasteiger partial charge on any atom is 0.331 e. The molecule has 1 aromatic rings. The molecule has 0 amide bonds. The molecule has 5 heteroatoms. The molecular formula is C10H10BrNO3. The van der Waals surface area contributed by atoms with Gasteiger partial charge in [0.1, 0.15) is 5.75 Å². The first kappa shape index (κ1) is 11.7. The van der Waals surface area contributed by atoms with E-state index in [1.165, 1.54) is 13.1 Å². The Hall–Kier alpha value is -1.36. The van der Waals surface area contributed by atoms with Gasteiger partial charge in [-0.1, -0.05) is 27.2 Å². The molecule has 0 aliphatic rings. The van der Waals surface area contributed by atoms with Gasteiger partial charge in [-0.2, -0.15) is 0 Å². The van der Waals surface area contributed by atoms with Gasteiger partial charge in [0.05, 0.1) is 0 Å².